The molecule has 110 valence electrons. The third-order valence-corrected chi connectivity index (χ3v) is 2.67. The van der Waals surface area contributed by atoms with Gasteiger partial charge in [-0.3, -0.25) is 4.79 Å². The van der Waals surface area contributed by atoms with E-state index in [0.29, 0.717) is 11.3 Å². The van der Waals surface area contributed by atoms with Gasteiger partial charge in [-0.15, -0.1) is 0 Å². The van der Waals surface area contributed by atoms with Gasteiger partial charge in [0, 0.05) is 17.2 Å². The molecule has 0 N–H and O–H groups in total. The van der Waals surface area contributed by atoms with Crippen LogP contribution in [0.15, 0.2) is 42.5 Å². The van der Waals surface area contributed by atoms with E-state index in [0.717, 1.165) is 18.2 Å². The molecular formula is C17H16F2O2. The monoisotopic (exact) mass is 290 g/mol. The summed E-state index contributed by atoms with van der Waals surface area (Å²) in [7, 11) is 0. The Hall–Kier alpha value is -2.23. The van der Waals surface area contributed by atoms with Gasteiger partial charge in [0.2, 0.25) is 0 Å². The van der Waals surface area contributed by atoms with E-state index in [1.807, 2.05) is 20.8 Å². The van der Waals surface area contributed by atoms with Crippen LogP contribution >= 0.6 is 0 Å². The maximum absolute atomic E-state index is 13.1. The third-order valence-electron chi connectivity index (χ3n) is 2.67. The van der Waals surface area contributed by atoms with E-state index in [4.69, 9.17) is 4.74 Å². The van der Waals surface area contributed by atoms with Crippen molar-refractivity contribution in [1.82, 2.24) is 0 Å². The Labute approximate surface area is 122 Å². The molecule has 2 aromatic rings. The van der Waals surface area contributed by atoms with Crippen LogP contribution in [-0.4, -0.2) is 11.4 Å². The van der Waals surface area contributed by atoms with Crippen LogP contribution in [0.4, 0.5) is 8.78 Å². The summed E-state index contributed by atoms with van der Waals surface area (Å²) in [6.45, 7) is 5.75. The van der Waals surface area contributed by atoms with Gasteiger partial charge in [0.25, 0.3) is 0 Å². The summed E-state index contributed by atoms with van der Waals surface area (Å²) >= 11 is 0. The fourth-order valence-electron chi connectivity index (χ4n) is 1.88. The lowest BCUT2D eigenvalue weighted by Crippen LogP contribution is -2.22. The number of halogens is 2. The Bertz CT molecular complexity index is 635. The minimum Gasteiger partial charge on any atom is -0.488 e. The molecular weight excluding hydrogens is 274 g/mol. The lowest BCUT2D eigenvalue weighted by atomic mass is 10.0. The molecule has 4 heteroatoms. The summed E-state index contributed by atoms with van der Waals surface area (Å²) < 4.78 is 31.9. The zero-order valence-electron chi connectivity index (χ0n) is 12.1. The van der Waals surface area contributed by atoms with Crippen molar-refractivity contribution in [2.45, 2.75) is 26.4 Å². The second-order valence-corrected chi connectivity index (χ2v) is 5.73. The molecule has 0 aliphatic heterocycles. The first-order valence-electron chi connectivity index (χ1n) is 6.54. The van der Waals surface area contributed by atoms with Crippen molar-refractivity contribution in [2.75, 3.05) is 0 Å². The standard InChI is InChI=1S/C17H16F2O2/c1-17(2,3)21-15-6-4-11(5-7-15)16(20)12-8-13(18)10-14(19)9-12/h4-10H,1-3H3. The average molecular weight is 290 g/mol. The first-order chi connectivity index (χ1) is 9.74. The second kappa shape index (κ2) is 5.64. The van der Waals surface area contributed by atoms with Crippen LogP contribution in [0, 0.1) is 11.6 Å². The van der Waals surface area contributed by atoms with Gasteiger partial charge >= 0.3 is 0 Å². The normalized spacial score (nSPS) is 11.3. The summed E-state index contributed by atoms with van der Waals surface area (Å²) in [6.07, 6.45) is 0. The topological polar surface area (TPSA) is 26.3 Å². The van der Waals surface area contributed by atoms with Gasteiger partial charge in [0.1, 0.15) is 23.0 Å². The highest BCUT2D eigenvalue weighted by atomic mass is 19.1. The molecule has 2 nitrogen and oxygen atoms in total. The first kappa shape index (κ1) is 15.2. The van der Waals surface area contributed by atoms with Gasteiger partial charge in [-0.25, -0.2) is 8.78 Å². The van der Waals surface area contributed by atoms with Gasteiger partial charge < -0.3 is 4.74 Å². The highest BCUT2D eigenvalue weighted by molar-refractivity contribution is 6.09. The Morgan fingerprint density at radius 2 is 1.43 bits per heavy atom. The molecule has 0 atom stereocenters. The second-order valence-electron chi connectivity index (χ2n) is 5.73. The van der Waals surface area contributed by atoms with E-state index < -0.39 is 17.4 Å². The van der Waals surface area contributed by atoms with Crippen LogP contribution in [0.2, 0.25) is 0 Å². The van der Waals surface area contributed by atoms with Crippen LogP contribution in [-0.2, 0) is 0 Å². The molecule has 0 saturated carbocycles. The van der Waals surface area contributed by atoms with Crippen molar-refractivity contribution in [3.8, 4) is 5.75 Å². The van der Waals surface area contributed by atoms with E-state index in [9.17, 15) is 13.6 Å². The molecule has 0 radical (unpaired) electrons. The van der Waals surface area contributed by atoms with E-state index in [2.05, 4.69) is 0 Å². The van der Waals surface area contributed by atoms with Crippen molar-refractivity contribution in [2.24, 2.45) is 0 Å². The lowest BCUT2D eigenvalue weighted by molar-refractivity contribution is 0.103. The van der Waals surface area contributed by atoms with Gasteiger partial charge in [-0.05, 0) is 57.2 Å². The summed E-state index contributed by atoms with van der Waals surface area (Å²) in [5.74, 6) is -1.35. The number of carbonyl (C=O) groups is 1. The molecule has 0 bridgehead atoms. The van der Waals surface area contributed by atoms with Crippen LogP contribution in [0.3, 0.4) is 0 Å². The number of benzene rings is 2. The maximum Gasteiger partial charge on any atom is 0.193 e. The van der Waals surface area contributed by atoms with Crippen molar-refractivity contribution < 1.29 is 18.3 Å². The van der Waals surface area contributed by atoms with Gasteiger partial charge in [-0.2, -0.15) is 0 Å². The smallest absolute Gasteiger partial charge is 0.193 e. The highest BCUT2D eigenvalue weighted by Crippen LogP contribution is 2.20. The molecule has 0 amide bonds. The summed E-state index contributed by atoms with van der Waals surface area (Å²) in [6, 6.07) is 9.24. The molecule has 0 spiro atoms. The van der Waals surface area contributed by atoms with Crippen molar-refractivity contribution in [3.63, 3.8) is 0 Å². The van der Waals surface area contributed by atoms with Gasteiger partial charge in [0.05, 0.1) is 0 Å². The summed E-state index contributed by atoms with van der Waals surface area (Å²) in [5, 5.41) is 0. The number of ether oxygens (including phenoxy) is 1. The Kier molecular flexibility index (Phi) is 4.07. The van der Waals surface area contributed by atoms with Crippen molar-refractivity contribution >= 4 is 5.78 Å². The van der Waals surface area contributed by atoms with Crippen LogP contribution < -0.4 is 4.74 Å². The molecule has 2 aromatic carbocycles. The van der Waals surface area contributed by atoms with E-state index >= 15 is 0 Å². The summed E-state index contributed by atoms with van der Waals surface area (Å²) in [4.78, 5) is 12.2. The maximum atomic E-state index is 13.1. The number of hydrogen-bond donors (Lipinski definition) is 0. The molecule has 21 heavy (non-hydrogen) atoms. The molecule has 0 fully saturated rings. The zero-order valence-corrected chi connectivity index (χ0v) is 12.1. The van der Waals surface area contributed by atoms with E-state index in [-0.39, 0.29) is 11.2 Å². The minimum absolute atomic E-state index is 0.0167. The Morgan fingerprint density at radius 3 is 1.90 bits per heavy atom. The van der Waals surface area contributed by atoms with Crippen LogP contribution in [0.25, 0.3) is 0 Å². The minimum atomic E-state index is -0.772. The molecule has 0 aromatic heterocycles. The highest BCUT2D eigenvalue weighted by Gasteiger charge is 2.14. The molecule has 0 unspecified atom stereocenters. The van der Waals surface area contributed by atoms with Crippen LogP contribution in [0.5, 0.6) is 5.75 Å². The number of ketones is 1. The van der Waals surface area contributed by atoms with E-state index in [1.54, 1.807) is 24.3 Å². The number of rotatable bonds is 3. The van der Waals surface area contributed by atoms with Crippen molar-refractivity contribution in [1.29, 1.82) is 0 Å². The number of hydrogen-bond acceptors (Lipinski definition) is 2. The largest absolute Gasteiger partial charge is 0.488 e. The SMILES string of the molecule is CC(C)(C)Oc1ccc(C(=O)c2cc(F)cc(F)c2)cc1. The fourth-order valence-corrected chi connectivity index (χ4v) is 1.88. The summed E-state index contributed by atoms with van der Waals surface area (Å²) in [5.41, 5.74) is -0.00439. The molecule has 0 heterocycles. The van der Waals surface area contributed by atoms with Crippen molar-refractivity contribution in [3.05, 3.63) is 65.2 Å². The predicted octanol–water partition coefficient (Wildman–Crippen LogP) is 4.37. The Morgan fingerprint density at radius 1 is 0.905 bits per heavy atom. The van der Waals surface area contributed by atoms with E-state index in [1.165, 1.54) is 0 Å². The molecule has 2 rings (SSSR count). The zero-order chi connectivity index (χ0) is 15.6. The number of carbonyl (C=O) groups excluding carboxylic acids is 1. The molecule has 0 aliphatic carbocycles. The third kappa shape index (κ3) is 4.12. The molecule has 0 saturated heterocycles. The average Bonchev–Trinajstić information content (AvgIpc) is 2.35. The Balaban J connectivity index is 2.24. The quantitative estimate of drug-likeness (QED) is 0.784. The predicted molar refractivity (Wildman–Crippen MR) is 76.6 cm³/mol. The fraction of sp³-hybridized carbons (Fsp3) is 0.235. The van der Waals surface area contributed by atoms with Gasteiger partial charge in [0.15, 0.2) is 5.78 Å². The lowest BCUT2D eigenvalue weighted by Gasteiger charge is -2.21. The van der Waals surface area contributed by atoms with Gasteiger partial charge in [-0.1, -0.05) is 0 Å². The van der Waals surface area contributed by atoms with Crippen LogP contribution in [0.1, 0.15) is 36.7 Å². The molecule has 0 aliphatic rings. The first-order valence-corrected chi connectivity index (χ1v) is 6.54.